The average Bonchev–Trinajstić information content (AvgIpc) is 2.80. The fourth-order valence-corrected chi connectivity index (χ4v) is 2.30. The van der Waals surface area contributed by atoms with Gasteiger partial charge < -0.3 is 5.32 Å². The van der Waals surface area contributed by atoms with Crippen LogP contribution in [0.4, 0.5) is 5.69 Å². The molecule has 5 nitrogen and oxygen atoms in total. The van der Waals surface area contributed by atoms with E-state index in [1.807, 2.05) is 24.3 Å². The lowest BCUT2D eigenvalue weighted by atomic mass is 10.1. The van der Waals surface area contributed by atoms with Crippen LogP contribution >= 0.6 is 23.2 Å². The molecule has 110 valence electrons. The van der Waals surface area contributed by atoms with E-state index < -0.39 is 0 Å². The third-order valence-electron chi connectivity index (χ3n) is 2.81. The second-order valence-corrected chi connectivity index (χ2v) is 5.01. The van der Waals surface area contributed by atoms with E-state index in [4.69, 9.17) is 34.0 Å². The van der Waals surface area contributed by atoms with Gasteiger partial charge in [-0.15, -0.1) is 0 Å². The van der Waals surface area contributed by atoms with Crippen molar-refractivity contribution >= 4 is 46.6 Å². The van der Waals surface area contributed by atoms with Gasteiger partial charge in [-0.05, 0) is 12.1 Å². The molecule has 0 fully saturated rings. The van der Waals surface area contributed by atoms with E-state index in [0.717, 1.165) is 11.1 Å². The first-order chi connectivity index (χ1) is 10.5. The number of hydrogen-bond acceptors (Lipinski definition) is 4. The molecule has 0 aromatic heterocycles. The predicted molar refractivity (Wildman–Crippen MR) is 87.5 cm³/mol. The van der Waals surface area contributed by atoms with Gasteiger partial charge in [-0.3, -0.25) is 10.8 Å². The first kappa shape index (κ1) is 15.9. The quantitative estimate of drug-likeness (QED) is 0.546. The van der Waals surface area contributed by atoms with Crippen molar-refractivity contribution < 1.29 is 4.79 Å². The van der Waals surface area contributed by atoms with E-state index in [1.54, 1.807) is 18.2 Å². The van der Waals surface area contributed by atoms with Gasteiger partial charge in [0.1, 0.15) is 17.4 Å². The van der Waals surface area contributed by atoms with Gasteiger partial charge in [-0.25, -0.2) is 4.79 Å². The number of isocyanates is 1. The highest BCUT2D eigenvalue weighted by atomic mass is 35.5. The molecular weight excluding hydrogens is 323 g/mol. The molecule has 1 aliphatic heterocycles. The number of carbonyl (C=O) groups excluding carboxylic acids is 1. The minimum atomic E-state index is 0.269. The van der Waals surface area contributed by atoms with Crippen LogP contribution in [-0.4, -0.2) is 17.8 Å². The minimum absolute atomic E-state index is 0.269. The van der Waals surface area contributed by atoms with Crippen molar-refractivity contribution in [3.05, 3.63) is 63.6 Å². The molecule has 0 unspecified atom stereocenters. The van der Waals surface area contributed by atoms with Crippen molar-refractivity contribution in [3.8, 4) is 0 Å². The third-order valence-corrected chi connectivity index (χ3v) is 3.42. The Kier molecular flexibility index (Phi) is 5.07. The summed E-state index contributed by atoms with van der Waals surface area (Å²) in [6.07, 6.45) is 1.37. The summed E-state index contributed by atoms with van der Waals surface area (Å²) in [6, 6.07) is 12.3. The number of rotatable bonds is 1. The Morgan fingerprint density at radius 2 is 1.41 bits per heavy atom. The molecule has 0 spiro atoms. The van der Waals surface area contributed by atoms with Gasteiger partial charge in [0, 0.05) is 11.1 Å². The van der Waals surface area contributed by atoms with Gasteiger partial charge in [-0.2, -0.15) is 4.99 Å². The molecule has 22 heavy (non-hydrogen) atoms. The molecule has 2 aromatic carbocycles. The van der Waals surface area contributed by atoms with Crippen molar-refractivity contribution in [2.45, 2.75) is 0 Å². The lowest BCUT2D eigenvalue weighted by molar-refractivity contribution is 0.565. The van der Waals surface area contributed by atoms with Gasteiger partial charge in [0.2, 0.25) is 6.08 Å². The minimum Gasteiger partial charge on any atom is -0.325 e. The summed E-state index contributed by atoms with van der Waals surface area (Å²) >= 11 is 11.3. The number of amidine groups is 2. The number of para-hydroxylation sites is 1. The molecule has 1 heterocycles. The van der Waals surface area contributed by atoms with Gasteiger partial charge >= 0.3 is 0 Å². The highest BCUT2D eigenvalue weighted by Gasteiger charge is 2.18. The summed E-state index contributed by atoms with van der Waals surface area (Å²) in [5.74, 6) is 0.649. The van der Waals surface area contributed by atoms with E-state index >= 15 is 0 Å². The summed E-state index contributed by atoms with van der Waals surface area (Å²) in [6.45, 7) is 0. The third kappa shape index (κ3) is 3.40. The fourth-order valence-electron chi connectivity index (χ4n) is 1.82. The van der Waals surface area contributed by atoms with Crippen molar-refractivity contribution in [2.24, 2.45) is 4.99 Å². The molecule has 0 aliphatic carbocycles. The van der Waals surface area contributed by atoms with Gasteiger partial charge in [0.15, 0.2) is 0 Å². The van der Waals surface area contributed by atoms with Crippen LogP contribution in [0.1, 0.15) is 11.1 Å². The van der Waals surface area contributed by atoms with Crippen molar-refractivity contribution in [2.75, 3.05) is 0 Å². The Balaban J connectivity index is 0.000000160. The van der Waals surface area contributed by atoms with Crippen LogP contribution in [-0.2, 0) is 4.79 Å². The van der Waals surface area contributed by atoms with Crippen LogP contribution in [0.5, 0.6) is 0 Å². The highest BCUT2D eigenvalue weighted by Crippen LogP contribution is 2.31. The molecular formula is C15H10Cl2N4O. The molecule has 0 bridgehead atoms. The van der Waals surface area contributed by atoms with Crippen molar-refractivity contribution in [3.63, 3.8) is 0 Å². The Bertz CT molecular complexity index is 745. The standard InChI is InChI=1S/C8H7N3.C7H3Cl2NO/c9-7-5-3-1-2-4-6(5)8(10)11-7;8-5-2-1-3-6(9)7(5)10-4-11/h1-4H,(H3,9,10,11);1-3H. The van der Waals surface area contributed by atoms with Crippen LogP contribution < -0.4 is 5.32 Å². The number of benzene rings is 2. The second kappa shape index (κ2) is 7.00. The summed E-state index contributed by atoms with van der Waals surface area (Å²) in [5.41, 5.74) is 1.90. The molecule has 1 aliphatic rings. The number of nitrogens with one attached hydrogen (secondary N) is 3. The predicted octanol–water partition coefficient (Wildman–Crippen LogP) is 3.90. The fraction of sp³-hybridized carbons (Fsp3) is 0. The van der Waals surface area contributed by atoms with Crippen LogP contribution in [0.25, 0.3) is 0 Å². The largest absolute Gasteiger partial charge is 0.325 e. The molecule has 0 atom stereocenters. The number of halogens is 2. The second-order valence-electron chi connectivity index (χ2n) is 4.19. The lowest BCUT2D eigenvalue weighted by Gasteiger charge is -1.96. The Morgan fingerprint density at radius 1 is 0.909 bits per heavy atom. The zero-order chi connectivity index (χ0) is 16.1. The molecule has 7 heteroatoms. The normalized spacial score (nSPS) is 11.7. The number of fused-ring (bicyclic) bond motifs is 1. The average molecular weight is 333 g/mol. The van der Waals surface area contributed by atoms with Crippen molar-refractivity contribution in [1.82, 2.24) is 5.32 Å². The van der Waals surface area contributed by atoms with Crippen LogP contribution in [0.15, 0.2) is 47.5 Å². The molecule has 0 saturated heterocycles. The Hall–Kier alpha value is -2.46. The maximum absolute atomic E-state index is 9.87. The smallest absolute Gasteiger partial charge is 0.240 e. The summed E-state index contributed by atoms with van der Waals surface area (Å²) in [7, 11) is 0. The number of aliphatic imine (C=N–C) groups is 1. The van der Waals surface area contributed by atoms with Crippen LogP contribution in [0.2, 0.25) is 10.0 Å². The number of hydrogen-bond donors (Lipinski definition) is 3. The van der Waals surface area contributed by atoms with Crippen molar-refractivity contribution in [1.29, 1.82) is 10.8 Å². The zero-order valence-electron chi connectivity index (χ0n) is 11.2. The molecule has 3 N–H and O–H groups in total. The molecule has 2 aromatic rings. The zero-order valence-corrected chi connectivity index (χ0v) is 12.7. The van der Waals surface area contributed by atoms with E-state index in [9.17, 15) is 4.79 Å². The highest BCUT2D eigenvalue weighted by molar-refractivity contribution is 6.38. The monoisotopic (exact) mass is 332 g/mol. The Morgan fingerprint density at radius 3 is 1.86 bits per heavy atom. The SMILES string of the molecule is N=C1NC(=N)c2ccccc21.O=C=Nc1c(Cl)cccc1Cl. The van der Waals surface area contributed by atoms with Gasteiger partial charge in [-0.1, -0.05) is 53.5 Å². The van der Waals surface area contributed by atoms with E-state index in [2.05, 4.69) is 10.3 Å². The summed E-state index contributed by atoms with van der Waals surface area (Å²) in [5, 5.41) is 18.2. The van der Waals surface area contributed by atoms with Crippen LogP contribution in [0.3, 0.4) is 0 Å². The maximum Gasteiger partial charge on any atom is 0.240 e. The maximum atomic E-state index is 9.87. The first-order valence-electron chi connectivity index (χ1n) is 6.10. The molecule has 3 rings (SSSR count). The number of nitrogens with zero attached hydrogens (tertiary/aromatic N) is 1. The lowest BCUT2D eigenvalue weighted by Crippen LogP contribution is -2.19. The molecule has 0 saturated carbocycles. The van der Waals surface area contributed by atoms with Crippen LogP contribution in [0, 0.1) is 10.8 Å². The summed E-state index contributed by atoms with van der Waals surface area (Å²) < 4.78 is 0. The van der Waals surface area contributed by atoms with Gasteiger partial charge in [0.05, 0.1) is 10.0 Å². The first-order valence-corrected chi connectivity index (χ1v) is 6.86. The van der Waals surface area contributed by atoms with E-state index in [0.29, 0.717) is 21.7 Å². The van der Waals surface area contributed by atoms with E-state index in [1.165, 1.54) is 6.08 Å². The topological polar surface area (TPSA) is 89.2 Å². The molecule has 0 amide bonds. The molecule has 0 radical (unpaired) electrons. The summed E-state index contributed by atoms with van der Waals surface area (Å²) in [4.78, 5) is 13.2. The van der Waals surface area contributed by atoms with E-state index in [-0.39, 0.29) is 5.69 Å². The Labute approximate surface area is 136 Å². The van der Waals surface area contributed by atoms with Gasteiger partial charge in [0.25, 0.3) is 0 Å².